The molecule has 2 heterocycles. The van der Waals surface area contributed by atoms with Crippen LogP contribution in [0, 0.1) is 5.82 Å². The molecule has 0 bridgehead atoms. The highest BCUT2D eigenvalue weighted by atomic mass is 19.1. The first-order valence-corrected chi connectivity index (χ1v) is 9.51. The van der Waals surface area contributed by atoms with E-state index < -0.39 is 0 Å². The number of hydrogen-bond donors (Lipinski definition) is 1. The van der Waals surface area contributed by atoms with Crippen molar-refractivity contribution in [1.82, 2.24) is 20.0 Å². The number of likely N-dealkylation sites (N-methyl/N-ethyl adjacent to an activating group) is 1. The van der Waals surface area contributed by atoms with E-state index in [1.165, 1.54) is 12.1 Å². The van der Waals surface area contributed by atoms with Gasteiger partial charge in [0.15, 0.2) is 0 Å². The molecule has 7 heteroatoms. The number of ether oxygens (including phenoxy) is 1. The molecule has 0 unspecified atom stereocenters. The van der Waals surface area contributed by atoms with Crippen LogP contribution in [-0.2, 0) is 11.4 Å². The Morgan fingerprint density at radius 2 is 2.07 bits per heavy atom. The van der Waals surface area contributed by atoms with Gasteiger partial charge in [0.1, 0.15) is 18.2 Å². The van der Waals surface area contributed by atoms with Crippen LogP contribution in [0.5, 0.6) is 5.75 Å². The molecule has 2 aromatic rings. The first-order chi connectivity index (χ1) is 13.1. The van der Waals surface area contributed by atoms with Gasteiger partial charge in [0.05, 0.1) is 17.9 Å². The highest BCUT2D eigenvalue weighted by Crippen LogP contribution is 2.26. The Bertz CT molecular complexity index is 743. The SMILES string of the molecule is CCN(CC)CC(=O)N1CC[C@H](c2cc(COc3ccc(F)cc3)[nH]n2)C1. The third-order valence-corrected chi connectivity index (χ3v) is 5.07. The largest absolute Gasteiger partial charge is 0.487 e. The van der Waals surface area contributed by atoms with Crippen LogP contribution in [0.2, 0.25) is 0 Å². The van der Waals surface area contributed by atoms with E-state index in [4.69, 9.17) is 4.74 Å². The number of aromatic nitrogens is 2. The fraction of sp³-hybridized carbons (Fsp3) is 0.500. The summed E-state index contributed by atoms with van der Waals surface area (Å²) in [4.78, 5) is 16.5. The zero-order valence-electron chi connectivity index (χ0n) is 15.9. The van der Waals surface area contributed by atoms with Crippen molar-refractivity contribution in [3.8, 4) is 5.75 Å². The maximum Gasteiger partial charge on any atom is 0.236 e. The molecule has 1 aliphatic rings. The molecule has 0 saturated carbocycles. The van der Waals surface area contributed by atoms with E-state index in [9.17, 15) is 9.18 Å². The summed E-state index contributed by atoms with van der Waals surface area (Å²) >= 11 is 0. The van der Waals surface area contributed by atoms with Crippen LogP contribution in [0.25, 0.3) is 0 Å². The third-order valence-electron chi connectivity index (χ3n) is 5.07. The van der Waals surface area contributed by atoms with E-state index in [-0.39, 0.29) is 17.6 Å². The predicted molar refractivity (Wildman–Crippen MR) is 101 cm³/mol. The number of hydrogen-bond acceptors (Lipinski definition) is 4. The van der Waals surface area contributed by atoms with E-state index in [0.29, 0.717) is 25.4 Å². The molecule has 1 N–H and O–H groups in total. The summed E-state index contributed by atoms with van der Waals surface area (Å²) in [6.45, 7) is 8.23. The standard InChI is InChI=1S/C20H27FN4O2/c1-3-24(4-2)13-20(26)25-10-9-15(12-25)19-11-17(22-23-19)14-27-18-7-5-16(21)6-8-18/h5-8,11,15H,3-4,9-10,12-14H2,1-2H3,(H,22,23)/t15-/m0/s1. The lowest BCUT2D eigenvalue weighted by molar-refractivity contribution is -0.131. The Hall–Kier alpha value is -2.41. The summed E-state index contributed by atoms with van der Waals surface area (Å²) < 4.78 is 18.6. The van der Waals surface area contributed by atoms with Crippen LogP contribution in [-0.4, -0.2) is 58.6 Å². The molecule has 1 saturated heterocycles. The van der Waals surface area contributed by atoms with Gasteiger partial charge in [0.25, 0.3) is 0 Å². The lowest BCUT2D eigenvalue weighted by atomic mass is 10.1. The summed E-state index contributed by atoms with van der Waals surface area (Å²) in [5.74, 6) is 0.771. The molecule has 146 valence electrons. The minimum absolute atomic E-state index is 0.191. The van der Waals surface area contributed by atoms with Gasteiger partial charge in [-0.25, -0.2) is 4.39 Å². The van der Waals surface area contributed by atoms with E-state index >= 15 is 0 Å². The van der Waals surface area contributed by atoms with Crippen molar-refractivity contribution in [3.05, 3.63) is 47.5 Å². The summed E-state index contributed by atoms with van der Waals surface area (Å²) in [6.07, 6.45) is 0.924. The molecule has 0 spiro atoms. The number of carbonyl (C=O) groups excluding carboxylic acids is 1. The van der Waals surface area contributed by atoms with Crippen LogP contribution in [0.4, 0.5) is 4.39 Å². The monoisotopic (exact) mass is 374 g/mol. The van der Waals surface area contributed by atoms with Crippen LogP contribution in [0.3, 0.4) is 0 Å². The second kappa shape index (κ2) is 8.99. The number of benzene rings is 1. The van der Waals surface area contributed by atoms with Crippen molar-refractivity contribution in [2.24, 2.45) is 0 Å². The molecule has 6 nitrogen and oxygen atoms in total. The van der Waals surface area contributed by atoms with Crippen molar-refractivity contribution in [3.63, 3.8) is 0 Å². The minimum atomic E-state index is -0.285. The summed E-state index contributed by atoms with van der Waals surface area (Å²) in [5, 5.41) is 7.40. The molecule has 1 amide bonds. The molecule has 3 rings (SSSR count). The van der Waals surface area contributed by atoms with Crippen molar-refractivity contribution < 1.29 is 13.9 Å². The molecule has 1 aromatic carbocycles. The van der Waals surface area contributed by atoms with Gasteiger partial charge in [-0.15, -0.1) is 0 Å². The zero-order valence-corrected chi connectivity index (χ0v) is 15.9. The fourth-order valence-electron chi connectivity index (χ4n) is 3.32. The average molecular weight is 374 g/mol. The molecule has 1 fully saturated rings. The fourth-order valence-corrected chi connectivity index (χ4v) is 3.32. The smallest absolute Gasteiger partial charge is 0.236 e. The van der Waals surface area contributed by atoms with Gasteiger partial charge in [-0.3, -0.25) is 14.8 Å². The Morgan fingerprint density at radius 1 is 1.33 bits per heavy atom. The van der Waals surface area contributed by atoms with Gasteiger partial charge in [0.2, 0.25) is 5.91 Å². The first-order valence-electron chi connectivity index (χ1n) is 9.51. The van der Waals surface area contributed by atoms with Gasteiger partial charge in [0, 0.05) is 19.0 Å². The van der Waals surface area contributed by atoms with E-state index in [1.807, 2.05) is 11.0 Å². The summed E-state index contributed by atoms with van der Waals surface area (Å²) in [5.41, 5.74) is 1.83. The molecule has 1 atom stereocenters. The first kappa shape index (κ1) is 19.4. The van der Waals surface area contributed by atoms with Crippen molar-refractivity contribution in [2.45, 2.75) is 32.8 Å². The molecule has 1 aromatic heterocycles. The quantitative estimate of drug-likeness (QED) is 0.772. The Kier molecular flexibility index (Phi) is 6.45. The molecule has 27 heavy (non-hydrogen) atoms. The summed E-state index contributed by atoms with van der Waals surface area (Å²) in [7, 11) is 0. The van der Waals surface area contributed by atoms with Crippen molar-refractivity contribution >= 4 is 5.91 Å². The third kappa shape index (κ3) is 5.07. The second-order valence-corrected chi connectivity index (χ2v) is 6.85. The predicted octanol–water partition coefficient (Wildman–Crippen LogP) is 2.79. The second-order valence-electron chi connectivity index (χ2n) is 6.85. The Balaban J connectivity index is 1.51. The molecular formula is C20H27FN4O2. The number of nitrogens with one attached hydrogen (secondary N) is 1. The molecule has 0 aliphatic carbocycles. The lowest BCUT2D eigenvalue weighted by Crippen LogP contribution is -2.39. The number of H-pyrrole nitrogens is 1. The maximum absolute atomic E-state index is 12.9. The number of likely N-dealkylation sites (tertiary alicyclic amines) is 1. The highest BCUT2D eigenvalue weighted by molar-refractivity contribution is 5.78. The van der Waals surface area contributed by atoms with Gasteiger partial charge in [-0.1, -0.05) is 13.8 Å². The van der Waals surface area contributed by atoms with E-state index in [1.54, 1.807) is 12.1 Å². The number of halogens is 1. The van der Waals surface area contributed by atoms with Gasteiger partial charge >= 0.3 is 0 Å². The Morgan fingerprint density at radius 3 is 2.78 bits per heavy atom. The van der Waals surface area contributed by atoms with E-state index in [0.717, 1.165) is 37.4 Å². The van der Waals surface area contributed by atoms with Crippen LogP contribution in [0.1, 0.15) is 37.6 Å². The molecule has 1 aliphatic heterocycles. The minimum Gasteiger partial charge on any atom is -0.487 e. The average Bonchev–Trinajstić information content (AvgIpc) is 3.35. The van der Waals surface area contributed by atoms with Crippen LogP contribution >= 0.6 is 0 Å². The summed E-state index contributed by atoms with van der Waals surface area (Å²) in [6, 6.07) is 7.94. The topological polar surface area (TPSA) is 61.5 Å². The zero-order chi connectivity index (χ0) is 19.2. The Labute approximate surface area is 159 Å². The lowest BCUT2D eigenvalue weighted by Gasteiger charge is -2.22. The van der Waals surface area contributed by atoms with Crippen molar-refractivity contribution in [2.75, 3.05) is 32.7 Å². The van der Waals surface area contributed by atoms with Crippen LogP contribution in [0.15, 0.2) is 30.3 Å². The maximum atomic E-state index is 12.9. The van der Waals surface area contributed by atoms with Gasteiger partial charge in [-0.2, -0.15) is 5.10 Å². The molecule has 0 radical (unpaired) electrons. The number of aromatic amines is 1. The number of nitrogens with zero attached hydrogens (tertiary/aromatic N) is 3. The number of amides is 1. The van der Waals surface area contributed by atoms with Gasteiger partial charge < -0.3 is 9.64 Å². The van der Waals surface area contributed by atoms with Crippen LogP contribution < -0.4 is 4.74 Å². The van der Waals surface area contributed by atoms with Crippen molar-refractivity contribution in [1.29, 1.82) is 0 Å². The number of rotatable bonds is 8. The normalized spacial score (nSPS) is 16.9. The van der Waals surface area contributed by atoms with E-state index in [2.05, 4.69) is 28.9 Å². The highest BCUT2D eigenvalue weighted by Gasteiger charge is 2.29. The van der Waals surface area contributed by atoms with Gasteiger partial charge in [-0.05, 0) is 49.8 Å². The number of carbonyl (C=O) groups is 1. The molecular weight excluding hydrogens is 347 g/mol.